The maximum atomic E-state index is 6.05. The third kappa shape index (κ3) is 2.66. The molecular weight excluding hydrogens is 196 g/mol. The van der Waals surface area contributed by atoms with Crippen molar-refractivity contribution in [2.45, 2.75) is 38.7 Å². The fraction of sp³-hybridized carbons (Fsp3) is 0.467. The van der Waals surface area contributed by atoms with Crippen LogP contribution in [0.15, 0.2) is 30.8 Å². The molecule has 1 aliphatic carbocycles. The Balaban J connectivity index is 2.00. The largest absolute Gasteiger partial charge is 0.490 e. The molecule has 0 spiro atoms. The molecule has 0 aliphatic heterocycles. The average Bonchev–Trinajstić information content (AvgIpc) is 2.33. The summed E-state index contributed by atoms with van der Waals surface area (Å²) in [5, 5.41) is 0. The minimum atomic E-state index is 0.400. The summed E-state index contributed by atoms with van der Waals surface area (Å²) in [4.78, 5) is 0. The van der Waals surface area contributed by atoms with Crippen molar-refractivity contribution in [1.29, 1.82) is 0 Å². The van der Waals surface area contributed by atoms with Crippen molar-refractivity contribution in [2.24, 2.45) is 5.92 Å². The SMILES string of the molecule is C=Cc1ccccc1OC1CCC(C)CC1. The lowest BCUT2D eigenvalue weighted by molar-refractivity contribution is 0.135. The predicted molar refractivity (Wildman–Crippen MR) is 68.6 cm³/mol. The molecule has 1 nitrogen and oxygen atoms in total. The second-order valence-corrected chi connectivity index (χ2v) is 4.74. The third-order valence-electron chi connectivity index (χ3n) is 3.40. The van der Waals surface area contributed by atoms with Crippen molar-refractivity contribution in [2.75, 3.05) is 0 Å². The Bertz CT molecular complexity index is 348. The Labute approximate surface area is 98.1 Å². The molecule has 0 N–H and O–H groups in total. The van der Waals surface area contributed by atoms with Crippen LogP contribution in [0, 0.1) is 5.92 Å². The van der Waals surface area contributed by atoms with E-state index in [2.05, 4.69) is 13.5 Å². The van der Waals surface area contributed by atoms with Crippen molar-refractivity contribution >= 4 is 6.08 Å². The molecule has 1 aromatic carbocycles. The van der Waals surface area contributed by atoms with Gasteiger partial charge in [0.1, 0.15) is 5.75 Å². The highest BCUT2D eigenvalue weighted by atomic mass is 16.5. The fourth-order valence-corrected chi connectivity index (χ4v) is 2.28. The van der Waals surface area contributed by atoms with Gasteiger partial charge in [0, 0.05) is 5.56 Å². The molecular formula is C15H20O. The van der Waals surface area contributed by atoms with Crippen LogP contribution in [0.25, 0.3) is 6.08 Å². The van der Waals surface area contributed by atoms with Gasteiger partial charge in [-0.15, -0.1) is 0 Å². The topological polar surface area (TPSA) is 9.23 Å². The molecule has 0 bridgehead atoms. The number of hydrogen-bond donors (Lipinski definition) is 0. The molecule has 16 heavy (non-hydrogen) atoms. The van der Waals surface area contributed by atoms with E-state index in [9.17, 15) is 0 Å². The lowest BCUT2D eigenvalue weighted by atomic mass is 9.89. The van der Waals surface area contributed by atoms with Crippen LogP contribution >= 0.6 is 0 Å². The maximum absolute atomic E-state index is 6.05. The van der Waals surface area contributed by atoms with E-state index in [1.165, 1.54) is 25.7 Å². The average molecular weight is 216 g/mol. The van der Waals surface area contributed by atoms with Gasteiger partial charge >= 0.3 is 0 Å². The molecule has 0 aromatic heterocycles. The molecule has 0 unspecified atom stereocenters. The molecule has 0 atom stereocenters. The first-order chi connectivity index (χ1) is 7.79. The van der Waals surface area contributed by atoms with E-state index < -0.39 is 0 Å². The summed E-state index contributed by atoms with van der Waals surface area (Å²) < 4.78 is 6.05. The van der Waals surface area contributed by atoms with Gasteiger partial charge in [0.2, 0.25) is 0 Å². The lowest BCUT2D eigenvalue weighted by Crippen LogP contribution is -2.23. The van der Waals surface area contributed by atoms with E-state index in [1.807, 2.05) is 30.3 Å². The molecule has 1 fully saturated rings. The summed E-state index contributed by atoms with van der Waals surface area (Å²) in [6.07, 6.45) is 7.22. The van der Waals surface area contributed by atoms with Gasteiger partial charge in [-0.25, -0.2) is 0 Å². The van der Waals surface area contributed by atoms with E-state index in [-0.39, 0.29) is 0 Å². The molecule has 0 amide bonds. The van der Waals surface area contributed by atoms with Gasteiger partial charge in [0.25, 0.3) is 0 Å². The summed E-state index contributed by atoms with van der Waals surface area (Å²) in [6.45, 7) is 6.14. The monoisotopic (exact) mass is 216 g/mol. The highest BCUT2D eigenvalue weighted by Crippen LogP contribution is 2.28. The minimum absolute atomic E-state index is 0.400. The van der Waals surface area contributed by atoms with Crippen LogP contribution in [0.2, 0.25) is 0 Å². The zero-order chi connectivity index (χ0) is 11.4. The summed E-state index contributed by atoms with van der Waals surface area (Å²) in [5.74, 6) is 1.85. The van der Waals surface area contributed by atoms with Gasteiger partial charge in [0.15, 0.2) is 0 Å². The molecule has 2 rings (SSSR count). The highest BCUT2D eigenvalue weighted by Gasteiger charge is 2.19. The fourth-order valence-electron chi connectivity index (χ4n) is 2.28. The van der Waals surface area contributed by atoms with Gasteiger partial charge in [-0.1, -0.05) is 37.8 Å². The Morgan fingerprint density at radius 3 is 2.56 bits per heavy atom. The first kappa shape index (κ1) is 11.3. The summed E-state index contributed by atoms with van der Waals surface area (Å²) in [7, 11) is 0. The smallest absolute Gasteiger partial charge is 0.126 e. The Kier molecular flexibility index (Phi) is 3.66. The zero-order valence-electron chi connectivity index (χ0n) is 9.99. The van der Waals surface area contributed by atoms with Gasteiger partial charge in [-0.3, -0.25) is 0 Å². The van der Waals surface area contributed by atoms with E-state index in [0.29, 0.717) is 6.10 Å². The van der Waals surface area contributed by atoms with Gasteiger partial charge in [0.05, 0.1) is 6.10 Å². The molecule has 1 heteroatoms. The standard InChI is InChI=1S/C15H20O/c1-3-13-6-4-5-7-15(13)16-14-10-8-12(2)9-11-14/h3-7,12,14H,1,8-11H2,2H3. The van der Waals surface area contributed by atoms with E-state index in [1.54, 1.807) is 0 Å². The molecule has 86 valence electrons. The first-order valence-corrected chi connectivity index (χ1v) is 6.17. The van der Waals surface area contributed by atoms with Gasteiger partial charge < -0.3 is 4.74 Å². The van der Waals surface area contributed by atoms with Crippen LogP contribution in [-0.4, -0.2) is 6.10 Å². The molecule has 1 aromatic rings. The quantitative estimate of drug-likeness (QED) is 0.732. The van der Waals surface area contributed by atoms with Crippen molar-refractivity contribution in [3.8, 4) is 5.75 Å². The van der Waals surface area contributed by atoms with Crippen LogP contribution in [-0.2, 0) is 0 Å². The van der Waals surface area contributed by atoms with Crippen LogP contribution in [0.5, 0.6) is 5.75 Å². The third-order valence-corrected chi connectivity index (χ3v) is 3.40. The lowest BCUT2D eigenvalue weighted by Gasteiger charge is -2.27. The Morgan fingerprint density at radius 2 is 1.88 bits per heavy atom. The predicted octanol–water partition coefficient (Wildman–Crippen LogP) is 4.29. The summed E-state index contributed by atoms with van der Waals surface area (Å²) in [6, 6.07) is 8.13. The molecule has 0 saturated heterocycles. The zero-order valence-corrected chi connectivity index (χ0v) is 9.99. The molecule has 1 aliphatic rings. The first-order valence-electron chi connectivity index (χ1n) is 6.17. The van der Waals surface area contributed by atoms with Gasteiger partial charge in [-0.05, 0) is 37.7 Å². The van der Waals surface area contributed by atoms with Crippen LogP contribution in [0.3, 0.4) is 0 Å². The molecule has 0 heterocycles. The number of rotatable bonds is 3. The Morgan fingerprint density at radius 1 is 1.19 bits per heavy atom. The number of para-hydroxylation sites is 1. The maximum Gasteiger partial charge on any atom is 0.126 e. The number of ether oxygens (including phenoxy) is 1. The number of hydrogen-bond acceptors (Lipinski definition) is 1. The van der Waals surface area contributed by atoms with Gasteiger partial charge in [-0.2, -0.15) is 0 Å². The minimum Gasteiger partial charge on any atom is -0.490 e. The van der Waals surface area contributed by atoms with Crippen LogP contribution in [0.4, 0.5) is 0 Å². The van der Waals surface area contributed by atoms with E-state index in [0.717, 1.165) is 17.2 Å². The normalized spacial score (nSPS) is 25.1. The molecule has 0 radical (unpaired) electrons. The van der Waals surface area contributed by atoms with Crippen molar-refractivity contribution in [3.05, 3.63) is 36.4 Å². The second kappa shape index (κ2) is 5.20. The van der Waals surface area contributed by atoms with E-state index >= 15 is 0 Å². The number of benzene rings is 1. The van der Waals surface area contributed by atoms with Crippen molar-refractivity contribution in [3.63, 3.8) is 0 Å². The second-order valence-electron chi connectivity index (χ2n) is 4.74. The van der Waals surface area contributed by atoms with Crippen molar-refractivity contribution in [1.82, 2.24) is 0 Å². The molecule has 1 saturated carbocycles. The van der Waals surface area contributed by atoms with Crippen LogP contribution in [0.1, 0.15) is 38.2 Å². The van der Waals surface area contributed by atoms with Crippen LogP contribution < -0.4 is 4.74 Å². The van der Waals surface area contributed by atoms with Crippen molar-refractivity contribution < 1.29 is 4.74 Å². The highest BCUT2D eigenvalue weighted by molar-refractivity contribution is 5.55. The summed E-state index contributed by atoms with van der Waals surface area (Å²) in [5.41, 5.74) is 1.10. The van der Waals surface area contributed by atoms with E-state index in [4.69, 9.17) is 4.74 Å². The Hall–Kier alpha value is -1.24. The summed E-state index contributed by atoms with van der Waals surface area (Å²) >= 11 is 0.